The predicted octanol–water partition coefficient (Wildman–Crippen LogP) is 1.61. The van der Waals surface area contributed by atoms with Crippen molar-refractivity contribution in [1.29, 1.82) is 0 Å². The molecule has 1 rings (SSSR count). The van der Waals surface area contributed by atoms with E-state index in [9.17, 15) is 9.50 Å². The molecule has 0 radical (unpaired) electrons. The van der Waals surface area contributed by atoms with Crippen molar-refractivity contribution >= 4 is 0 Å². The van der Waals surface area contributed by atoms with E-state index in [1.807, 2.05) is 0 Å². The molecule has 2 unspecified atom stereocenters. The maximum Gasteiger partial charge on any atom is 0.129 e. The molecule has 1 aromatic rings. The molecule has 0 aliphatic carbocycles. The minimum absolute atomic E-state index is 0.298. The normalized spacial score (nSPS) is 14.6. The standard InChI is InChI=1S/C13H20FNO2/c1-10(16)5-4-8-15-9-13(17)11-6-2-3-7-12(11)14/h2-3,6-7,10,13,15-17H,4-5,8-9H2,1H3. The largest absolute Gasteiger partial charge is 0.393 e. The Morgan fingerprint density at radius 3 is 2.65 bits per heavy atom. The number of hydrogen-bond acceptors (Lipinski definition) is 3. The molecule has 0 saturated carbocycles. The molecule has 1 aromatic carbocycles. The van der Waals surface area contributed by atoms with Gasteiger partial charge in [0.15, 0.2) is 0 Å². The lowest BCUT2D eigenvalue weighted by atomic mass is 10.1. The van der Waals surface area contributed by atoms with E-state index in [4.69, 9.17) is 5.11 Å². The minimum atomic E-state index is -0.831. The summed E-state index contributed by atoms with van der Waals surface area (Å²) in [7, 11) is 0. The Hall–Kier alpha value is -0.970. The first-order valence-electron chi connectivity index (χ1n) is 5.92. The van der Waals surface area contributed by atoms with Gasteiger partial charge in [0.1, 0.15) is 5.82 Å². The van der Waals surface area contributed by atoms with Gasteiger partial charge in [-0.1, -0.05) is 18.2 Å². The molecule has 96 valence electrons. The van der Waals surface area contributed by atoms with E-state index in [1.165, 1.54) is 6.07 Å². The van der Waals surface area contributed by atoms with Gasteiger partial charge in [0, 0.05) is 12.1 Å². The number of aliphatic hydroxyl groups excluding tert-OH is 2. The Bertz CT molecular complexity index is 331. The van der Waals surface area contributed by atoms with Crippen molar-refractivity contribution in [3.63, 3.8) is 0 Å². The van der Waals surface area contributed by atoms with Gasteiger partial charge in [-0.3, -0.25) is 0 Å². The minimum Gasteiger partial charge on any atom is -0.393 e. The lowest BCUT2D eigenvalue weighted by Gasteiger charge is -2.13. The van der Waals surface area contributed by atoms with Crippen molar-refractivity contribution < 1.29 is 14.6 Å². The van der Waals surface area contributed by atoms with Crippen LogP contribution in [0, 0.1) is 5.82 Å². The molecular formula is C13H20FNO2. The summed E-state index contributed by atoms with van der Waals surface area (Å²) in [6, 6.07) is 6.22. The first kappa shape index (κ1) is 14.1. The molecule has 3 N–H and O–H groups in total. The van der Waals surface area contributed by atoms with Gasteiger partial charge in [-0.25, -0.2) is 4.39 Å². The second-order valence-corrected chi connectivity index (χ2v) is 4.23. The van der Waals surface area contributed by atoms with Crippen molar-refractivity contribution in [3.05, 3.63) is 35.6 Å². The van der Waals surface area contributed by atoms with Gasteiger partial charge in [-0.2, -0.15) is 0 Å². The lowest BCUT2D eigenvalue weighted by Crippen LogP contribution is -2.23. The van der Waals surface area contributed by atoms with Crippen LogP contribution in [0.5, 0.6) is 0 Å². The third-order valence-electron chi connectivity index (χ3n) is 2.58. The lowest BCUT2D eigenvalue weighted by molar-refractivity contribution is 0.165. The average Bonchev–Trinajstić information content (AvgIpc) is 2.28. The number of nitrogens with one attached hydrogen (secondary N) is 1. The number of hydrogen-bond donors (Lipinski definition) is 3. The molecule has 0 saturated heterocycles. The molecule has 0 fully saturated rings. The van der Waals surface area contributed by atoms with E-state index in [0.717, 1.165) is 12.8 Å². The van der Waals surface area contributed by atoms with Gasteiger partial charge in [0.05, 0.1) is 12.2 Å². The predicted molar refractivity (Wildman–Crippen MR) is 65.1 cm³/mol. The van der Waals surface area contributed by atoms with Crippen LogP contribution in [-0.4, -0.2) is 29.4 Å². The van der Waals surface area contributed by atoms with E-state index in [1.54, 1.807) is 25.1 Å². The van der Waals surface area contributed by atoms with E-state index in [0.29, 0.717) is 18.7 Å². The topological polar surface area (TPSA) is 52.5 Å². The highest BCUT2D eigenvalue weighted by Gasteiger charge is 2.11. The molecular weight excluding hydrogens is 221 g/mol. The molecule has 3 nitrogen and oxygen atoms in total. The van der Waals surface area contributed by atoms with Crippen molar-refractivity contribution in [2.45, 2.75) is 32.0 Å². The molecule has 2 atom stereocenters. The summed E-state index contributed by atoms with van der Waals surface area (Å²) in [4.78, 5) is 0. The van der Waals surface area contributed by atoms with E-state index in [2.05, 4.69) is 5.32 Å². The zero-order valence-electron chi connectivity index (χ0n) is 10.1. The van der Waals surface area contributed by atoms with Crippen LogP contribution in [0.15, 0.2) is 24.3 Å². The summed E-state index contributed by atoms with van der Waals surface area (Å²) in [6.07, 6.45) is 0.431. The van der Waals surface area contributed by atoms with Crippen LogP contribution < -0.4 is 5.32 Å². The van der Waals surface area contributed by atoms with E-state index >= 15 is 0 Å². The summed E-state index contributed by atoms with van der Waals surface area (Å²) < 4.78 is 13.3. The maximum atomic E-state index is 13.3. The Labute approximate surface area is 101 Å². The third-order valence-corrected chi connectivity index (χ3v) is 2.58. The van der Waals surface area contributed by atoms with E-state index in [-0.39, 0.29) is 11.9 Å². The SMILES string of the molecule is CC(O)CCCNCC(O)c1ccccc1F. The van der Waals surface area contributed by atoms with Gasteiger partial charge in [-0.05, 0) is 32.4 Å². The Morgan fingerprint density at radius 2 is 2.00 bits per heavy atom. The highest BCUT2D eigenvalue weighted by Crippen LogP contribution is 2.15. The first-order chi connectivity index (χ1) is 8.11. The zero-order valence-corrected chi connectivity index (χ0v) is 10.1. The monoisotopic (exact) mass is 241 g/mol. The van der Waals surface area contributed by atoms with Crippen LogP contribution >= 0.6 is 0 Å². The highest BCUT2D eigenvalue weighted by atomic mass is 19.1. The molecule has 17 heavy (non-hydrogen) atoms. The Balaban J connectivity index is 2.26. The molecule has 0 aromatic heterocycles. The van der Waals surface area contributed by atoms with Crippen molar-refractivity contribution in [2.24, 2.45) is 0 Å². The number of benzene rings is 1. The second kappa shape index (κ2) is 7.37. The fourth-order valence-corrected chi connectivity index (χ4v) is 1.62. The highest BCUT2D eigenvalue weighted by molar-refractivity contribution is 5.19. The van der Waals surface area contributed by atoms with Gasteiger partial charge in [-0.15, -0.1) is 0 Å². The zero-order chi connectivity index (χ0) is 12.7. The van der Waals surface area contributed by atoms with Crippen molar-refractivity contribution in [2.75, 3.05) is 13.1 Å². The molecule has 0 spiro atoms. The van der Waals surface area contributed by atoms with Crippen LogP contribution in [0.2, 0.25) is 0 Å². The molecule has 0 heterocycles. The Kier molecular flexibility index (Phi) is 6.11. The molecule has 4 heteroatoms. The van der Waals surface area contributed by atoms with Crippen LogP contribution in [0.4, 0.5) is 4.39 Å². The summed E-state index contributed by atoms with van der Waals surface area (Å²) in [5, 5.41) is 21.8. The number of halogens is 1. The molecule has 0 amide bonds. The first-order valence-corrected chi connectivity index (χ1v) is 5.92. The van der Waals surface area contributed by atoms with Crippen LogP contribution in [0.1, 0.15) is 31.4 Å². The molecule has 0 aliphatic heterocycles. The quantitative estimate of drug-likeness (QED) is 0.636. The summed E-state index contributed by atoms with van der Waals surface area (Å²) in [5.41, 5.74) is 0.315. The summed E-state index contributed by atoms with van der Waals surface area (Å²) in [5.74, 6) is -0.384. The fraction of sp³-hybridized carbons (Fsp3) is 0.538. The summed E-state index contributed by atoms with van der Waals surface area (Å²) in [6.45, 7) is 2.77. The average molecular weight is 241 g/mol. The molecule has 0 aliphatic rings. The molecule has 0 bridgehead atoms. The van der Waals surface area contributed by atoms with Crippen molar-refractivity contribution in [3.8, 4) is 0 Å². The summed E-state index contributed by atoms with van der Waals surface area (Å²) >= 11 is 0. The second-order valence-electron chi connectivity index (χ2n) is 4.23. The van der Waals surface area contributed by atoms with E-state index < -0.39 is 6.10 Å². The van der Waals surface area contributed by atoms with Gasteiger partial charge >= 0.3 is 0 Å². The van der Waals surface area contributed by atoms with Crippen LogP contribution in [0.3, 0.4) is 0 Å². The van der Waals surface area contributed by atoms with Gasteiger partial charge < -0.3 is 15.5 Å². The van der Waals surface area contributed by atoms with Gasteiger partial charge in [0.2, 0.25) is 0 Å². The smallest absolute Gasteiger partial charge is 0.129 e. The van der Waals surface area contributed by atoms with Gasteiger partial charge in [0.25, 0.3) is 0 Å². The Morgan fingerprint density at radius 1 is 1.29 bits per heavy atom. The fourth-order valence-electron chi connectivity index (χ4n) is 1.62. The van der Waals surface area contributed by atoms with Crippen LogP contribution in [-0.2, 0) is 0 Å². The number of rotatable bonds is 7. The number of aliphatic hydroxyl groups is 2. The van der Waals surface area contributed by atoms with Crippen LogP contribution in [0.25, 0.3) is 0 Å². The third kappa shape index (κ3) is 5.26. The van der Waals surface area contributed by atoms with Crippen molar-refractivity contribution in [1.82, 2.24) is 5.32 Å². The maximum absolute atomic E-state index is 13.3.